The number of halogens is 1. The maximum Gasteiger partial charge on any atom is 0.240 e. The lowest BCUT2D eigenvalue weighted by atomic mass is 9.94. The predicted molar refractivity (Wildman–Crippen MR) is 91.1 cm³/mol. The number of amides is 1. The number of carbonyl (C=O) groups is 1. The maximum atomic E-state index is 13.5. The largest absolute Gasteiger partial charge is 0.497 e. The van der Waals surface area contributed by atoms with Crippen LogP contribution in [0, 0.1) is 11.7 Å². The molecule has 1 amide bonds. The van der Waals surface area contributed by atoms with Gasteiger partial charge in [-0.3, -0.25) is 4.79 Å². The Hall–Kier alpha value is -2.89. The first-order chi connectivity index (χ1) is 11.5. The molecule has 0 fully saturated rings. The van der Waals surface area contributed by atoms with Gasteiger partial charge in [-0.15, -0.1) is 0 Å². The van der Waals surface area contributed by atoms with E-state index in [1.54, 1.807) is 6.07 Å². The fourth-order valence-electron chi connectivity index (χ4n) is 2.65. The van der Waals surface area contributed by atoms with Crippen LogP contribution in [0.15, 0.2) is 47.6 Å². The van der Waals surface area contributed by atoms with Crippen molar-refractivity contribution in [1.82, 2.24) is 5.43 Å². The second-order valence-electron chi connectivity index (χ2n) is 5.72. The molecule has 24 heavy (non-hydrogen) atoms. The van der Waals surface area contributed by atoms with Gasteiger partial charge in [-0.25, -0.2) is 9.82 Å². The average Bonchev–Trinajstić information content (AvgIpc) is 2.55. The Morgan fingerprint density at radius 3 is 2.62 bits per heavy atom. The molecule has 0 saturated heterocycles. The number of hydrogen-bond donors (Lipinski definition) is 2. The number of nitrogens with one attached hydrogen (secondary N) is 2. The van der Waals surface area contributed by atoms with Crippen molar-refractivity contribution in [1.29, 1.82) is 0 Å². The van der Waals surface area contributed by atoms with Crippen molar-refractivity contribution >= 4 is 23.0 Å². The zero-order valence-corrected chi connectivity index (χ0v) is 13.5. The van der Waals surface area contributed by atoms with E-state index in [9.17, 15) is 9.18 Å². The van der Waals surface area contributed by atoms with Gasteiger partial charge in [0.05, 0.1) is 12.8 Å². The molecule has 1 aliphatic rings. The highest BCUT2D eigenvalue weighted by Gasteiger charge is 2.21. The quantitative estimate of drug-likeness (QED) is 0.904. The Kier molecular flexibility index (Phi) is 4.46. The van der Waals surface area contributed by atoms with Crippen LogP contribution in [0.25, 0.3) is 0 Å². The van der Waals surface area contributed by atoms with Gasteiger partial charge in [-0.1, -0.05) is 19.1 Å². The molecular formula is C18H18FN3O2. The minimum atomic E-state index is -0.366. The first kappa shape index (κ1) is 16.0. The predicted octanol–water partition coefficient (Wildman–Crippen LogP) is 3.44. The van der Waals surface area contributed by atoms with Crippen molar-refractivity contribution in [3.05, 3.63) is 53.8 Å². The molecule has 0 unspecified atom stereocenters. The highest BCUT2D eigenvalue weighted by Crippen LogP contribution is 2.24. The first-order valence-electron chi connectivity index (χ1n) is 7.63. The van der Waals surface area contributed by atoms with Crippen molar-refractivity contribution in [2.24, 2.45) is 11.0 Å². The number of hydrazone groups is 1. The van der Waals surface area contributed by atoms with E-state index in [0.717, 1.165) is 17.0 Å². The molecule has 3 rings (SSSR count). The summed E-state index contributed by atoms with van der Waals surface area (Å²) in [6.07, 6.45) is 0.432. The van der Waals surface area contributed by atoms with Crippen LogP contribution in [0.4, 0.5) is 15.8 Å². The van der Waals surface area contributed by atoms with Gasteiger partial charge in [0.1, 0.15) is 11.6 Å². The highest BCUT2D eigenvalue weighted by atomic mass is 19.1. The Balaban J connectivity index is 1.78. The van der Waals surface area contributed by atoms with Gasteiger partial charge in [0, 0.05) is 35.8 Å². The van der Waals surface area contributed by atoms with Crippen LogP contribution in [0.1, 0.15) is 18.9 Å². The molecule has 2 aromatic rings. The molecule has 1 aliphatic heterocycles. The summed E-state index contributed by atoms with van der Waals surface area (Å²) >= 11 is 0. The number of rotatable bonds is 4. The Bertz CT molecular complexity index is 787. The second kappa shape index (κ2) is 6.70. The third-order valence-corrected chi connectivity index (χ3v) is 3.84. The van der Waals surface area contributed by atoms with Crippen molar-refractivity contribution in [2.45, 2.75) is 13.3 Å². The van der Waals surface area contributed by atoms with Gasteiger partial charge in [0.2, 0.25) is 5.91 Å². The number of methoxy groups -OCH3 is 1. The van der Waals surface area contributed by atoms with Crippen LogP contribution in [0.2, 0.25) is 0 Å². The van der Waals surface area contributed by atoms with Gasteiger partial charge in [0.15, 0.2) is 0 Å². The van der Waals surface area contributed by atoms with E-state index in [4.69, 9.17) is 4.74 Å². The molecule has 0 saturated carbocycles. The molecule has 0 aliphatic carbocycles. The summed E-state index contributed by atoms with van der Waals surface area (Å²) in [5.41, 5.74) is 5.74. The summed E-state index contributed by atoms with van der Waals surface area (Å²) in [6, 6.07) is 12.1. The lowest BCUT2D eigenvalue weighted by molar-refractivity contribution is -0.121. The van der Waals surface area contributed by atoms with Gasteiger partial charge in [-0.2, -0.15) is 5.10 Å². The number of nitrogens with zero attached hydrogens (tertiary/aromatic N) is 1. The van der Waals surface area contributed by atoms with E-state index >= 15 is 0 Å². The monoisotopic (exact) mass is 327 g/mol. The van der Waals surface area contributed by atoms with Crippen LogP contribution < -0.4 is 15.5 Å². The molecule has 124 valence electrons. The first-order valence-corrected chi connectivity index (χ1v) is 7.63. The number of benzene rings is 2. The van der Waals surface area contributed by atoms with Crippen molar-refractivity contribution < 1.29 is 13.9 Å². The van der Waals surface area contributed by atoms with Gasteiger partial charge >= 0.3 is 0 Å². The Labute approximate surface area is 139 Å². The fraction of sp³-hybridized carbons (Fsp3) is 0.222. The Morgan fingerprint density at radius 1 is 1.21 bits per heavy atom. The van der Waals surface area contributed by atoms with Crippen LogP contribution in [-0.4, -0.2) is 18.7 Å². The van der Waals surface area contributed by atoms with E-state index in [1.807, 2.05) is 31.2 Å². The van der Waals surface area contributed by atoms with E-state index in [2.05, 4.69) is 15.8 Å². The third-order valence-electron chi connectivity index (χ3n) is 3.84. The standard InChI is InChI=1S/C18H18FN3O2/c1-11-7-17(23)21-22-18(11)12-3-5-14(6-4-12)20-15-8-13(19)9-16(10-15)24-2/h3-6,8-11,20H,7H2,1-2H3,(H,21,23)/t11-/m1/s1. The number of hydrogen-bond acceptors (Lipinski definition) is 4. The van der Waals surface area contributed by atoms with Crippen LogP contribution in [-0.2, 0) is 4.79 Å². The molecule has 6 heteroatoms. The van der Waals surface area contributed by atoms with Crippen molar-refractivity contribution in [3.8, 4) is 5.75 Å². The minimum Gasteiger partial charge on any atom is -0.497 e. The summed E-state index contributed by atoms with van der Waals surface area (Å²) in [5, 5.41) is 7.28. The third kappa shape index (κ3) is 3.53. The molecule has 0 radical (unpaired) electrons. The summed E-state index contributed by atoms with van der Waals surface area (Å²) < 4.78 is 18.6. The molecule has 0 bridgehead atoms. The number of carbonyl (C=O) groups excluding carboxylic acids is 1. The van der Waals surface area contributed by atoms with Crippen molar-refractivity contribution in [3.63, 3.8) is 0 Å². The summed E-state index contributed by atoms with van der Waals surface area (Å²) in [5.74, 6) is 0.0967. The lowest BCUT2D eigenvalue weighted by Gasteiger charge is -2.19. The molecular weight excluding hydrogens is 309 g/mol. The van der Waals surface area contributed by atoms with E-state index in [-0.39, 0.29) is 17.6 Å². The Morgan fingerprint density at radius 2 is 1.96 bits per heavy atom. The zero-order chi connectivity index (χ0) is 17.1. The normalized spacial score (nSPS) is 17.0. The molecule has 2 N–H and O–H groups in total. The summed E-state index contributed by atoms with van der Waals surface area (Å²) in [6.45, 7) is 1.97. The van der Waals surface area contributed by atoms with E-state index < -0.39 is 0 Å². The summed E-state index contributed by atoms with van der Waals surface area (Å²) in [7, 11) is 1.50. The van der Waals surface area contributed by atoms with Crippen LogP contribution in [0.5, 0.6) is 5.75 Å². The smallest absolute Gasteiger partial charge is 0.240 e. The molecule has 0 spiro atoms. The maximum absolute atomic E-state index is 13.5. The average molecular weight is 327 g/mol. The molecule has 2 aromatic carbocycles. The topological polar surface area (TPSA) is 62.7 Å². The summed E-state index contributed by atoms with van der Waals surface area (Å²) in [4.78, 5) is 11.3. The zero-order valence-electron chi connectivity index (χ0n) is 13.5. The highest BCUT2D eigenvalue weighted by molar-refractivity contribution is 6.05. The SMILES string of the molecule is COc1cc(F)cc(Nc2ccc(C3=NNC(=O)C[C@H]3C)cc2)c1. The number of ether oxygens (including phenoxy) is 1. The minimum absolute atomic E-state index is 0.0652. The van der Waals surface area contributed by atoms with Gasteiger partial charge < -0.3 is 10.1 Å². The van der Waals surface area contributed by atoms with Crippen molar-refractivity contribution in [2.75, 3.05) is 12.4 Å². The molecule has 1 atom stereocenters. The van der Waals surface area contributed by atoms with E-state index in [0.29, 0.717) is 17.9 Å². The number of anilines is 2. The fourth-order valence-corrected chi connectivity index (χ4v) is 2.65. The molecule has 0 aromatic heterocycles. The second-order valence-corrected chi connectivity index (χ2v) is 5.72. The molecule has 1 heterocycles. The van der Waals surface area contributed by atoms with Gasteiger partial charge in [0.25, 0.3) is 0 Å². The van der Waals surface area contributed by atoms with Crippen LogP contribution in [0.3, 0.4) is 0 Å². The molecule has 5 nitrogen and oxygen atoms in total. The van der Waals surface area contributed by atoms with E-state index in [1.165, 1.54) is 19.2 Å². The van der Waals surface area contributed by atoms with Crippen LogP contribution >= 0.6 is 0 Å². The lowest BCUT2D eigenvalue weighted by Crippen LogP contribution is -2.31. The van der Waals surface area contributed by atoms with Gasteiger partial charge in [-0.05, 0) is 23.8 Å².